The van der Waals surface area contributed by atoms with E-state index in [2.05, 4.69) is 12.1 Å². The van der Waals surface area contributed by atoms with Gasteiger partial charge in [-0.1, -0.05) is 42.5 Å². The fraction of sp³-hybridized carbons (Fsp3) is 0.241. The van der Waals surface area contributed by atoms with Crippen LogP contribution in [0.2, 0.25) is 0 Å². The van der Waals surface area contributed by atoms with Crippen LogP contribution in [0.15, 0.2) is 77.7 Å². The van der Waals surface area contributed by atoms with Crippen molar-refractivity contribution in [1.29, 1.82) is 0 Å². The lowest BCUT2D eigenvalue weighted by Crippen LogP contribution is -2.10. The first-order chi connectivity index (χ1) is 18.1. The van der Waals surface area contributed by atoms with Gasteiger partial charge in [0, 0.05) is 21.3 Å². The number of ether oxygens (including phenoxy) is 1. The number of carboxylic acids is 1. The van der Waals surface area contributed by atoms with Crippen LogP contribution >= 0.6 is 23.1 Å². The highest BCUT2D eigenvalue weighted by Gasteiger charge is 2.30. The predicted octanol–water partition coefficient (Wildman–Crippen LogP) is 8.22. The van der Waals surface area contributed by atoms with Gasteiger partial charge in [-0.3, -0.25) is 0 Å². The molecule has 0 bridgehead atoms. The van der Waals surface area contributed by atoms with Crippen molar-refractivity contribution < 1.29 is 27.8 Å². The van der Waals surface area contributed by atoms with Crippen molar-refractivity contribution in [2.24, 2.45) is 0 Å². The summed E-state index contributed by atoms with van der Waals surface area (Å²) in [6.45, 7) is 3.45. The van der Waals surface area contributed by atoms with Crippen molar-refractivity contribution in [2.75, 3.05) is 12.4 Å². The summed E-state index contributed by atoms with van der Waals surface area (Å²) in [4.78, 5) is 17.6. The third-order valence-corrected chi connectivity index (χ3v) is 8.33. The van der Waals surface area contributed by atoms with E-state index < -0.39 is 17.7 Å². The number of alkyl halides is 3. The summed E-state index contributed by atoms with van der Waals surface area (Å²) < 4.78 is 44.3. The van der Waals surface area contributed by atoms with Crippen LogP contribution in [0.3, 0.4) is 0 Å². The number of hydrogen-bond donors (Lipinski definition) is 1. The zero-order valence-corrected chi connectivity index (χ0v) is 22.4. The Kier molecular flexibility index (Phi) is 8.79. The van der Waals surface area contributed by atoms with E-state index in [1.165, 1.54) is 23.5 Å². The lowest BCUT2D eigenvalue weighted by molar-refractivity contribution is -0.139. The molecule has 0 spiro atoms. The van der Waals surface area contributed by atoms with E-state index in [1.807, 2.05) is 44.2 Å². The SMILES string of the molecule is Cc1cc(SCCC(c2ccccc2)c2sc(-c3ccc(C(F)(F)F)cc3)nc2C)ccc1OCC(=O)O. The smallest absolute Gasteiger partial charge is 0.416 e. The van der Waals surface area contributed by atoms with Gasteiger partial charge in [0.15, 0.2) is 6.61 Å². The Labute approximate surface area is 227 Å². The molecule has 1 aromatic heterocycles. The first kappa shape index (κ1) is 27.7. The number of hydrogen-bond acceptors (Lipinski definition) is 5. The lowest BCUT2D eigenvalue weighted by Gasteiger charge is -2.17. The molecule has 0 aliphatic carbocycles. The van der Waals surface area contributed by atoms with Gasteiger partial charge in [0.25, 0.3) is 0 Å². The minimum Gasteiger partial charge on any atom is -0.482 e. The highest BCUT2D eigenvalue weighted by Crippen LogP contribution is 2.40. The van der Waals surface area contributed by atoms with Crippen LogP contribution in [0.1, 0.15) is 39.6 Å². The Balaban J connectivity index is 1.52. The predicted molar refractivity (Wildman–Crippen MR) is 145 cm³/mol. The standard InChI is InChI=1S/C29H26F3NO3S2/c1-18-16-23(12-13-25(18)36-17-26(34)35)37-15-14-24(20-6-4-3-5-7-20)27-19(2)33-28(38-27)21-8-10-22(11-9-21)29(30,31)32/h3-13,16,24H,14-15,17H2,1-2H3,(H,34,35). The van der Waals surface area contributed by atoms with Crippen molar-refractivity contribution >= 4 is 29.1 Å². The van der Waals surface area contributed by atoms with Gasteiger partial charge in [0.05, 0.1) is 11.3 Å². The summed E-state index contributed by atoms with van der Waals surface area (Å²) in [6.07, 6.45) is -3.54. The summed E-state index contributed by atoms with van der Waals surface area (Å²) in [6, 6.07) is 21.0. The van der Waals surface area contributed by atoms with Gasteiger partial charge < -0.3 is 9.84 Å². The Morgan fingerprint density at radius 2 is 1.76 bits per heavy atom. The van der Waals surface area contributed by atoms with Crippen LogP contribution in [0.5, 0.6) is 5.75 Å². The molecule has 4 nitrogen and oxygen atoms in total. The maximum Gasteiger partial charge on any atom is 0.416 e. The lowest BCUT2D eigenvalue weighted by atomic mass is 9.94. The number of thioether (sulfide) groups is 1. The zero-order valence-electron chi connectivity index (χ0n) is 20.8. The minimum absolute atomic E-state index is 0.0867. The van der Waals surface area contributed by atoms with Crippen LogP contribution in [0.25, 0.3) is 10.6 Å². The van der Waals surface area contributed by atoms with E-state index in [0.717, 1.165) is 50.9 Å². The minimum atomic E-state index is -4.37. The Morgan fingerprint density at radius 1 is 1.05 bits per heavy atom. The average molecular weight is 558 g/mol. The number of carboxylic acid groups (broad SMARTS) is 1. The van der Waals surface area contributed by atoms with Crippen molar-refractivity contribution in [1.82, 2.24) is 4.98 Å². The molecule has 0 radical (unpaired) electrons. The van der Waals surface area contributed by atoms with Crippen molar-refractivity contribution in [3.05, 3.63) is 100 Å². The molecule has 0 saturated carbocycles. The number of aromatic nitrogens is 1. The number of nitrogens with zero attached hydrogens (tertiary/aromatic N) is 1. The van der Waals surface area contributed by atoms with Gasteiger partial charge in [0.1, 0.15) is 10.8 Å². The van der Waals surface area contributed by atoms with Crippen molar-refractivity contribution in [3.63, 3.8) is 0 Å². The third-order valence-electron chi connectivity index (χ3n) is 5.98. The summed E-state index contributed by atoms with van der Waals surface area (Å²) in [5.41, 5.74) is 2.90. The maximum absolute atomic E-state index is 13.0. The van der Waals surface area contributed by atoms with Crippen LogP contribution in [0.4, 0.5) is 13.2 Å². The molecule has 1 atom stereocenters. The Hall–Kier alpha value is -3.30. The molecule has 0 aliphatic rings. The highest BCUT2D eigenvalue weighted by molar-refractivity contribution is 7.99. The molecule has 9 heteroatoms. The molecular formula is C29H26F3NO3S2. The quantitative estimate of drug-likeness (QED) is 0.199. The first-order valence-electron chi connectivity index (χ1n) is 11.9. The van der Waals surface area contributed by atoms with E-state index in [0.29, 0.717) is 16.3 Å². The first-order valence-corrected chi connectivity index (χ1v) is 13.7. The fourth-order valence-corrected chi connectivity index (χ4v) is 6.35. The summed E-state index contributed by atoms with van der Waals surface area (Å²) >= 11 is 3.23. The van der Waals surface area contributed by atoms with Crippen LogP contribution < -0.4 is 4.74 Å². The second kappa shape index (κ2) is 12.0. The average Bonchev–Trinajstić information content (AvgIpc) is 3.27. The zero-order chi connectivity index (χ0) is 27.3. The topological polar surface area (TPSA) is 59.4 Å². The van der Waals surface area contributed by atoms with E-state index in [1.54, 1.807) is 17.8 Å². The number of halogens is 3. The normalized spacial score (nSPS) is 12.3. The number of rotatable bonds is 10. The van der Waals surface area contributed by atoms with Crippen LogP contribution in [-0.2, 0) is 11.0 Å². The maximum atomic E-state index is 13.0. The second-order valence-electron chi connectivity index (χ2n) is 8.75. The molecule has 3 aromatic carbocycles. The van der Waals surface area contributed by atoms with Gasteiger partial charge in [-0.15, -0.1) is 23.1 Å². The van der Waals surface area contributed by atoms with Gasteiger partial charge in [-0.25, -0.2) is 9.78 Å². The molecule has 1 N–H and O–H groups in total. The summed E-state index contributed by atoms with van der Waals surface area (Å²) in [5.74, 6) is 0.440. The number of carbonyl (C=O) groups is 1. The second-order valence-corrected chi connectivity index (χ2v) is 11.0. The van der Waals surface area contributed by atoms with Crippen LogP contribution in [0, 0.1) is 13.8 Å². The third kappa shape index (κ3) is 6.96. The van der Waals surface area contributed by atoms with Gasteiger partial charge in [-0.2, -0.15) is 13.2 Å². The molecule has 1 unspecified atom stereocenters. The van der Waals surface area contributed by atoms with Crippen molar-refractivity contribution in [3.8, 4) is 16.3 Å². The Bertz CT molecular complexity index is 1390. The van der Waals surface area contributed by atoms with Gasteiger partial charge in [-0.05, 0) is 67.5 Å². The number of aliphatic carboxylic acids is 1. The number of thiazole rings is 1. The summed E-state index contributed by atoms with van der Waals surface area (Å²) in [7, 11) is 0. The van der Waals surface area contributed by atoms with E-state index in [4.69, 9.17) is 14.8 Å². The largest absolute Gasteiger partial charge is 0.482 e. The van der Waals surface area contributed by atoms with Gasteiger partial charge >= 0.3 is 12.1 Å². The monoisotopic (exact) mass is 557 g/mol. The number of aryl methyl sites for hydroxylation is 2. The highest BCUT2D eigenvalue weighted by atomic mass is 32.2. The molecule has 4 rings (SSSR count). The van der Waals surface area contributed by atoms with E-state index in [9.17, 15) is 18.0 Å². The molecule has 0 fully saturated rings. The molecule has 1 heterocycles. The summed E-state index contributed by atoms with van der Waals surface area (Å²) in [5, 5.41) is 9.53. The van der Waals surface area contributed by atoms with Crippen LogP contribution in [-0.4, -0.2) is 28.4 Å². The molecule has 0 aliphatic heterocycles. The molecule has 4 aromatic rings. The molecular weight excluding hydrogens is 531 g/mol. The number of benzene rings is 3. The molecule has 0 amide bonds. The van der Waals surface area contributed by atoms with Crippen molar-refractivity contribution in [2.45, 2.75) is 37.3 Å². The van der Waals surface area contributed by atoms with Gasteiger partial charge in [0.2, 0.25) is 0 Å². The Morgan fingerprint density at radius 3 is 2.39 bits per heavy atom. The van der Waals surface area contributed by atoms with E-state index in [-0.39, 0.29) is 12.5 Å². The fourth-order valence-electron chi connectivity index (χ4n) is 4.10. The molecule has 0 saturated heterocycles. The van der Waals surface area contributed by atoms with E-state index >= 15 is 0 Å². The molecule has 38 heavy (non-hydrogen) atoms. The molecule has 198 valence electrons.